The first-order chi connectivity index (χ1) is 9.31. The Kier molecular flexibility index (Phi) is 8.54. The molecule has 0 bridgehead atoms. The van der Waals surface area contributed by atoms with Crippen LogP contribution in [0.25, 0.3) is 0 Å². The predicted octanol–water partition coefficient (Wildman–Crippen LogP) is 0.838. The maximum Gasteiger partial charge on any atom is 0.303 e. The molecule has 0 amide bonds. The van der Waals surface area contributed by atoms with Crippen molar-refractivity contribution in [1.29, 1.82) is 0 Å². The number of ether oxygens (including phenoxy) is 4. The summed E-state index contributed by atoms with van der Waals surface area (Å²) in [7, 11) is 1.39. The van der Waals surface area contributed by atoms with Gasteiger partial charge in [-0.3, -0.25) is 14.4 Å². The largest absolute Gasteiger partial charge is 0.463 e. The van der Waals surface area contributed by atoms with Gasteiger partial charge in [0.25, 0.3) is 0 Å². The molecule has 0 radical (unpaired) electrons. The summed E-state index contributed by atoms with van der Waals surface area (Å²) in [6.45, 7) is 5.45. The van der Waals surface area contributed by atoms with E-state index in [1.165, 1.54) is 27.9 Å². The van der Waals surface area contributed by atoms with Gasteiger partial charge >= 0.3 is 17.9 Å². The van der Waals surface area contributed by atoms with Crippen LogP contribution in [0.4, 0.5) is 0 Å². The minimum atomic E-state index is -0.842. The third kappa shape index (κ3) is 7.08. The van der Waals surface area contributed by atoms with Crippen molar-refractivity contribution in [1.82, 2.24) is 0 Å². The number of carbonyl (C=O) groups is 3. The molecule has 7 heteroatoms. The lowest BCUT2D eigenvalue weighted by molar-refractivity contribution is -0.182. The number of hydrogen-bond acceptors (Lipinski definition) is 7. The smallest absolute Gasteiger partial charge is 0.303 e. The van der Waals surface area contributed by atoms with E-state index in [4.69, 9.17) is 18.9 Å². The molecular formula is C13H22O7. The van der Waals surface area contributed by atoms with Crippen LogP contribution in [0.5, 0.6) is 0 Å². The van der Waals surface area contributed by atoms with E-state index in [1.807, 2.05) is 0 Å². The van der Waals surface area contributed by atoms with Crippen molar-refractivity contribution < 1.29 is 33.3 Å². The van der Waals surface area contributed by atoms with E-state index in [1.54, 1.807) is 6.92 Å². The van der Waals surface area contributed by atoms with E-state index < -0.39 is 36.2 Å². The first kappa shape index (κ1) is 18.4. The average Bonchev–Trinajstić information content (AvgIpc) is 2.34. The van der Waals surface area contributed by atoms with Crippen LogP contribution in [0.2, 0.25) is 0 Å². The van der Waals surface area contributed by atoms with Crippen molar-refractivity contribution in [2.24, 2.45) is 0 Å². The lowest BCUT2D eigenvalue weighted by Crippen LogP contribution is -2.46. The van der Waals surface area contributed by atoms with Gasteiger partial charge in [0.05, 0.1) is 0 Å². The minimum Gasteiger partial charge on any atom is -0.463 e. The summed E-state index contributed by atoms with van der Waals surface area (Å²) in [5.41, 5.74) is 0. The van der Waals surface area contributed by atoms with E-state index in [2.05, 4.69) is 0 Å². The molecule has 0 aromatic rings. The molecule has 0 N–H and O–H groups in total. The van der Waals surface area contributed by atoms with Gasteiger partial charge in [-0.25, -0.2) is 0 Å². The summed E-state index contributed by atoms with van der Waals surface area (Å²) in [5.74, 6) is -1.50. The lowest BCUT2D eigenvalue weighted by atomic mass is 10.1. The molecule has 0 aromatic carbocycles. The molecule has 3 atom stereocenters. The van der Waals surface area contributed by atoms with Gasteiger partial charge < -0.3 is 18.9 Å². The third-order valence-corrected chi connectivity index (χ3v) is 2.51. The Morgan fingerprint density at radius 1 is 0.900 bits per heavy atom. The Labute approximate surface area is 118 Å². The van der Waals surface area contributed by atoms with Crippen LogP contribution in [0, 0.1) is 0 Å². The van der Waals surface area contributed by atoms with Crippen molar-refractivity contribution in [3.05, 3.63) is 0 Å². The van der Waals surface area contributed by atoms with Gasteiger partial charge in [-0.05, 0) is 6.42 Å². The van der Waals surface area contributed by atoms with Gasteiger partial charge in [0.15, 0.2) is 6.10 Å². The fourth-order valence-electron chi connectivity index (χ4n) is 1.68. The quantitative estimate of drug-likeness (QED) is 0.483. The van der Waals surface area contributed by atoms with Gasteiger partial charge in [0.1, 0.15) is 18.8 Å². The van der Waals surface area contributed by atoms with Gasteiger partial charge in [-0.2, -0.15) is 0 Å². The summed E-state index contributed by atoms with van der Waals surface area (Å²) in [5, 5.41) is 0. The summed E-state index contributed by atoms with van der Waals surface area (Å²) in [6.07, 6.45) is -1.80. The number of rotatable bonds is 8. The summed E-state index contributed by atoms with van der Waals surface area (Å²) < 4.78 is 20.3. The van der Waals surface area contributed by atoms with Gasteiger partial charge in [0, 0.05) is 27.9 Å². The molecule has 0 saturated carbocycles. The Balaban J connectivity index is 4.99. The topological polar surface area (TPSA) is 88.1 Å². The van der Waals surface area contributed by atoms with Crippen LogP contribution in [0.1, 0.15) is 34.1 Å². The summed E-state index contributed by atoms with van der Waals surface area (Å²) in [4.78, 5) is 33.1. The van der Waals surface area contributed by atoms with E-state index in [0.717, 1.165) is 0 Å². The van der Waals surface area contributed by atoms with Crippen molar-refractivity contribution >= 4 is 17.9 Å². The summed E-state index contributed by atoms with van der Waals surface area (Å²) in [6, 6.07) is 0. The maximum absolute atomic E-state index is 11.2. The zero-order valence-corrected chi connectivity index (χ0v) is 12.5. The Morgan fingerprint density at radius 3 is 1.80 bits per heavy atom. The highest BCUT2D eigenvalue weighted by Gasteiger charge is 2.34. The number of methoxy groups -OCH3 is 1. The van der Waals surface area contributed by atoms with E-state index in [9.17, 15) is 14.4 Å². The molecule has 7 nitrogen and oxygen atoms in total. The fourth-order valence-corrected chi connectivity index (χ4v) is 1.68. The second-order valence-corrected chi connectivity index (χ2v) is 4.21. The number of esters is 3. The van der Waals surface area contributed by atoms with Crippen molar-refractivity contribution in [3.8, 4) is 0 Å². The highest BCUT2D eigenvalue weighted by molar-refractivity contribution is 5.67. The average molecular weight is 290 g/mol. The molecule has 0 saturated heterocycles. The second-order valence-electron chi connectivity index (χ2n) is 4.21. The van der Waals surface area contributed by atoms with Gasteiger partial charge in [-0.15, -0.1) is 0 Å². The van der Waals surface area contributed by atoms with E-state index in [-0.39, 0.29) is 6.61 Å². The maximum atomic E-state index is 11.2. The number of hydrogen-bond donors (Lipinski definition) is 0. The summed E-state index contributed by atoms with van der Waals surface area (Å²) >= 11 is 0. The number of carbonyl (C=O) groups excluding carboxylic acids is 3. The molecule has 0 heterocycles. The molecule has 0 aromatic heterocycles. The van der Waals surface area contributed by atoms with E-state index >= 15 is 0 Å². The first-order valence-corrected chi connectivity index (χ1v) is 6.32. The molecule has 3 unspecified atom stereocenters. The molecule has 0 aliphatic rings. The SMILES string of the molecule is CCC(OC(C)=O)C(OC(C)=O)C(COC(C)=O)OC. The predicted molar refractivity (Wildman–Crippen MR) is 68.8 cm³/mol. The van der Waals surface area contributed by atoms with Crippen LogP contribution in [-0.4, -0.2) is 49.9 Å². The second kappa shape index (κ2) is 9.30. The zero-order chi connectivity index (χ0) is 15.7. The Bertz CT molecular complexity index is 340. The first-order valence-electron chi connectivity index (χ1n) is 6.32. The molecule has 0 spiro atoms. The third-order valence-electron chi connectivity index (χ3n) is 2.51. The highest BCUT2D eigenvalue weighted by atomic mass is 16.6. The molecule has 20 heavy (non-hydrogen) atoms. The minimum absolute atomic E-state index is 0.0957. The standard InChI is InChI=1S/C13H22O7/c1-6-11(19-9(3)15)13(20-10(4)16)12(17-5)7-18-8(2)14/h11-13H,6-7H2,1-5H3. The lowest BCUT2D eigenvalue weighted by Gasteiger charge is -2.30. The monoisotopic (exact) mass is 290 g/mol. The normalized spacial score (nSPS) is 14.8. The van der Waals surface area contributed by atoms with Crippen molar-refractivity contribution in [3.63, 3.8) is 0 Å². The van der Waals surface area contributed by atoms with Crippen LogP contribution in [0.3, 0.4) is 0 Å². The molecule has 116 valence electrons. The highest BCUT2D eigenvalue weighted by Crippen LogP contribution is 2.16. The Morgan fingerprint density at radius 2 is 1.45 bits per heavy atom. The van der Waals surface area contributed by atoms with Crippen LogP contribution in [0.15, 0.2) is 0 Å². The molecule has 0 rings (SSSR count). The van der Waals surface area contributed by atoms with Crippen LogP contribution < -0.4 is 0 Å². The molecular weight excluding hydrogens is 268 g/mol. The van der Waals surface area contributed by atoms with Crippen molar-refractivity contribution in [2.45, 2.75) is 52.4 Å². The molecule has 0 aliphatic carbocycles. The zero-order valence-electron chi connectivity index (χ0n) is 12.5. The van der Waals surface area contributed by atoms with Gasteiger partial charge in [0.2, 0.25) is 0 Å². The molecule has 0 fully saturated rings. The molecule has 0 aliphatic heterocycles. The van der Waals surface area contributed by atoms with Crippen LogP contribution in [-0.2, 0) is 33.3 Å². The van der Waals surface area contributed by atoms with Gasteiger partial charge in [-0.1, -0.05) is 6.92 Å². The Hall–Kier alpha value is -1.63. The van der Waals surface area contributed by atoms with E-state index in [0.29, 0.717) is 6.42 Å². The fraction of sp³-hybridized carbons (Fsp3) is 0.769. The van der Waals surface area contributed by atoms with Crippen LogP contribution >= 0.6 is 0 Å². The van der Waals surface area contributed by atoms with Crippen molar-refractivity contribution in [2.75, 3.05) is 13.7 Å².